The number of rotatable bonds is 5. The van der Waals surface area contributed by atoms with Crippen LogP contribution in [0.2, 0.25) is 0 Å². The van der Waals surface area contributed by atoms with Crippen molar-refractivity contribution in [2.45, 2.75) is 17.9 Å². The van der Waals surface area contributed by atoms with E-state index < -0.39 is 56.1 Å². The van der Waals surface area contributed by atoms with Crippen LogP contribution in [-0.4, -0.2) is 0 Å². The van der Waals surface area contributed by atoms with Crippen LogP contribution >= 0.6 is 10.2 Å². The Hall–Kier alpha value is -2.89. The smallest absolute Gasteiger partial charge is 0.426 e. The first kappa shape index (κ1) is 23.8. The summed E-state index contributed by atoms with van der Waals surface area (Å²) in [6, 6.07) is 8.08. The standard InChI is InChI=1S/C20H12F10OS/c1-11-2-4-12(5-3-11)13-6-7-14(15(21)10-13)20(24,25)31-16-8-9-17(19(23)18(16)22)32(26,27,28,29)30/h2-10H,1H3. The van der Waals surface area contributed by atoms with Crippen LogP contribution in [0.1, 0.15) is 11.1 Å². The van der Waals surface area contributed by atoms with E-state index in [4.69, 9.17) is 0 Å². The first-order chi connectivity index (χ1) is 14.4. The predicted octanol–water partition coefficient (Wildman–Crippen LogP) is 8.87. The monoisotopic (exact) mass is 490 g/mol. The molecule has 174 valence electrons. The minimum atomic E-state index is -10.6. The van der Waals surface area contributed by atoms with Gasteiger partial charge in [-0.25, -0.2) is 8.78 Å². The Bertz CT molecular complexity index is 1190. The Morgan fingerprint density at radius 1 is 0.719 bits per heavy atom. The van der Waals surface area contributed by atoms with Gasteiger partial charge in [-0.15, -0.1) is 0 Å². The number of halogens is 10. The van der Waals surface area contributed by atoms with E-state index in [0.29, 0.717) is 17.7 Å². The molecule has 0 spiro atoms. The molecule has 0 N–H and O–H groups in total. The second kappa shape index (κ2) is 6.80. The van der Waals surface area contributed by atoms with Crippen molar-refractivity contribution >= 4 is 10.2 Å². The van der Waals surface area contributed by atoms with Gasteiger partial charge in [0.05, 0.1) is 5.56 Å². The minimum absolute atomic E-state index is 0.194. The Kier molecular flexibility index (Phi) is 5.05. The van der Waals surface area contributed by atoms with Crippen molar-refractivity contribution < 1.29 is 46.1 Å². The van der Waals surface area contributed by atoms with E-state index >= 15 is 0 Å². The SMILES string of the molecule is Cc1ccc(-c2ccc(C(F)(F)Oc3ccc(S(F)(F)(F)(F)F)c(F)c3F)c(F)c2)cc1. The van der Waals surface area contributed by atoms with Crippen molar-refractivity contribution in [3.63, 3.8) is 0 Å². The summed E-state index contributed by atoms with van der Waals surface area (Å²) >= 11 is 0. The van der Waals surface area contributed by atoms with E-state index in [2.05, 4.69) is 4.74 Å². The second-order valence-electron chi connectivity index (χ2n) is 6.84. The molecule has 0 saturated carbocycles. The molecule has 0 aromatic heterocycles. The van der Waals surface area contributed by atoms with Crippen LogP contribution in [0.15, 0.2) is 59.5 Å². The van der Waals surface area contributed by atoms with Gasteiger partial charge < -0.3 is 4.74 Å². The van der Waals surface area contributed by atoms with E-state index in [9.17, 15) is 41.4 Å². The predicted molar refractivity (Wildman–Crippen MR) is 98.9 cm³/mol. The Morgan fingerprint density at radius 2 is 1.28 bits per heavy atom. The highest BCUT2D eigenvalue weighted by atomic mass is 32.5. The van der Waals surface area contributed by atoms with E-state index in [0.717, 1.165) is 11.6 Å². The summed E-state index contributed by atoms with van der Waals surface area (Å²) < 4.78 is 138. The lowest BCUT2D eigenvalue weighted by molar-refractivity contribution is -0.189. The van der Waals surface area contributed by atoms with Crippen LogP contribution in [0.3, 0.4) is 0 Å². The van der Waals surface area contributed by atoms with Crippen molar-refractivity contribution in [1.29, 1.82) is 0 Å². The van der Waals surface area contributed by atoms with Gasteiger partial charge in [-0.2, -0.15) is 13.2 Å². The molecule has 12 heteroatoms. The molecule has 0 aliphatic carbocycles. The lowest BCUT2D eigenvalue weighted by Crippen LogP contribution is -2.24. The van der Waals surface area contributed by atoms with E-state index in [1.165, 1.54) is 0 Å². The van der Waals surface area contributed by atoms with Gasteiger partial charge in [0.2, 0.25) is 5.82 Å². The Labute approximate surface area is 175 Å². The second-order valence-corrected chi connectivity index (χ2v) is 9.22. The van der Waals surface area contributed by atoms with Crippen LogP contribution in [-0.2, 0) is 6.11 Å². The molecule has 0 amide bonds. The number of ether oxygens (including phenoxy) is 1. The quantitative estimate of drug-likeness (QED) is 0.325. The zero-order chi connectivity index (χ0) is 24.2. The van der Waals surface area contributed by atoms with Gasteiger partial charge in [-0.05, 0) is 42.3 Å². The molecule has 0 aliphatic rings. The number of benzene rings is 3. The molecule has 32 heavy (non-hydrogen) atoms. The molecule has 0 radical (unpaired) electrons. The van der Waals surface area contributed by atoms with Crippen LogP contribution in [0, 0.1) is 24.4 Å². The zero-order valence-corrected chi connectivity index (χ0v) is 16.6. The zero-order valence-electron chi connectivity index (χ0n) is 15.8. The first-order valence-corrected chi connectivity index (χ1v) is 10.5. The first-order valence-electron chi connectivity index (χ1n) is 8.55. The van der Waals surface area contributed by atoms with E-state index in [1.807, 2.05) is 0 Å². The van der Waals surface area contributed by atoms with Crippen LogP contribution in [0.4, 0.5) is 41.4 Å². The van der Waals surface area contributed by atoms with Crippen LogP contribution in [0.25, 0.3) is 11.1 Å². The maximum atomic E-state index is 14.4. The Balaban J connectivity index is 1.96. The fourth-order valence-electron chi connectivity index (χ4n) is 2.76. The lowest BCUT2D eigenvalue weighted by atomic mass is 10.0. The van der Waals surface area contributed by atoms with Gasteiger partial charge in [-0.3, -0.25) is 0 Å². The third-order valence-electron chi connectivity index (χ3n) is 4.33. The third-order valence-corrected chi connectivity index (χ3v) is 5.48. The maximum Gasteiger partial charge on any atom is 0.429 e. The fraction of sp³-hybridized carbons (Fsp3) is 0.100. The van der Waals surface area contributed by atoms with Gasteiger partial charge in [-0.1, -0.05) is 55.3 Å². The van der Waals surface area contributed by atoms with Crippen LogP contribution < -0.4 is 4.74 Å². The normalized spacial score (nSPS) is 14.6. The van der Waals surface area contributed by atoms with Gasteiger partial charge >= 0.3 is 16.3 Å². The van der Waals surface area contributed by atoms with Gasteiger partial charge in [0.15, 0.2) is 11.6 Å². The van der Waals surface area contributed by atoms with Gasteiger partial charge in [0, 0.05) is 0 Å². The van der Waals surface area contributed by atoms with Crippen LogP contribution in [0.5, 0.6) is 5.75 Å². The molecule has 3 rings (SSSR count). The average Bonchev–Trinajstić information content (AvgIpc) is 2.63. The highest BCUT2D eigenvalue weighted by Crippen LogP contribution is 3.02. The number of aryl methyl sites for hydroxylation is 1. The van der Waals surface area contributed by atoms with Crippen molar-refractivity contribution in [2.75, 3.05) is 0 Å². The molecule has 3 aromatic carbocycles. The fourth-order valence-corrected chi connectivity index (χ4v) is 3.51. The highest BCUT2D eigenvalue weighted by Gasteiger charge is 2.67. The summed E-state index contributed by atoms with van der Waals surface area (Å²) in [5.41, 5.74) is 0.116. The molecular weight excluding hydrogens is 478 g/mol. The highest BCUT2D eigenvalue weighted by molar-refractivity contribution is 8.45. The van der Waals surface area contributed by atoms with E-state index in [-0.39, 0.29) is 11.6 Å². The summed E-state index contributed by atoms with van der Waals surface area (Å²) in [5, 5.41) is 0. The Morgan fingerprint density at radius 3 is 1.81 bits per heavy atom. The topological polar surface area (TPSA) is 9.23 Å². The van der Waals surface area contributed by atoms with Crippen molar-refractivity contribution in [1.82, 2.24) is 0 Å². The molecular formula is C20H12F10OS. The molecule has 0 saturated heterocycles. The molecule has 1 nitrogen and oxygen atoms in total. The summed E-state index contributed by atoms with van der Waals surface area (Å²) in [6.45, 7) is 1.79. The molecule has 0 fully saturated rings. The molecule has 0 unspecified atom stereocenters. The lowest BCUT2D eigenvalue weighted by Gasteiger charge is -2.40. The molecule has 0 heterocycles. The van der Waals surface area contributed by atoms with E-state index in [1.54, 1.807) is 31.2 Å². The molecule has 0 aliphatic heterocycles. The number of hydrogen-bond donors (Lipinski definition) is 0. The largest absolute Gasteiger partial charge is 0.429 e. The third kappa shape index (κ3) is 4.79. The minimum Gasteiger partial charge on any atom is -0.426 e. The number of alkyl halides is 2. The summed E-state index contributed by atoms with van der Waals surface area (Å²) in [4.78, 5) is -3.23. The molecule has 3 aromatic rings. The van der Waals surface area contributed by atoms with Crippen molar-refractivity contribution in [2.24, 2.45) is 0 Å². The summed E-state index contributed by atoms with van der Waals surface area (Å²) in [7, 11) is -10.6. The average molecular weight is 490 g/mol. The van der Waals surface area contributed by atoms with Crippen molar-refractivity contribution in [3.8, 4) is 16.9 Å². The van der Waals surface area contributed by atoms with Gasteiger partial charge in [0.25, 0.3) is 0 Å². The van der Waals surface area contributed by atoms with Gasteiger partial charge in [0.1, 0.15) is 10.7 Å². The maximum absolute atomic E-state index is 14.4. The molecule has 0 bridgehead atoms. The summed E-state index contributed by atoms with van der Waals surface area (Å²) in [6.07, 6.45) is -4.68. The number of hydrogen-bond acceptors (Lipinski definition) is 1. The molecule has 0 atom stereocenters. The summed E-state index contributed by atoms with van der Waals surface area (Å²) in [5.74, 6) is -9.18. The van der Waals surface area contributed by atoms with Crippen molar-refractivity contribution in [3.05, 3.63) is 83.2 Å².